The van der Waals surface area contributed by atoms with Crippen molar-refractivity contribution < 1.29 is 9.47 Å². The van der Waals surface area contributed by atoms with Crippen LogP contribution in [0.25, 0.3) is 0 Å². The maximum atomic E-state index is 4.97. The molecular weight excluding hydrogens is 170 g/mol. The summed E-state index contributed by atoms with van der Waals surface area (Å²) in [5.41, 5.74) is 0. The molecule has 0 saturated carbocycles. The van der Waals surface area contributed by atoms with Crippen molar-refractivity contribution in [2.75, 3.05) is 26.1 Å². The third-order valence-electron chi connectivity index (χ3n) is 1.43. The van der Waals surface area contributed by atoms with E-state index in [4.69, 9.17) is 9.47 Å². The molecule has 0 atom stereocenters. The van der Waals surface area contributed by atoms with Crippen LogP contribution in [-0.2, 0) is 0 Å². The van der Waals surface area contributed by atoms with Gasteiger partial charge < -0.3 is 14.8 Å². The van der Waals surface area contributed by atoms with E-state index in [2.05, 4.69) is 15.3 Å². The Morgan fingerprint density at radius 2 is 2.08 bits per heavy atom. The molecule has 5 nitrogen and oxygen atoms in total. The lowest BCUT2D eigenvalue weighted by molar-refractivity contribution is 0.353. The summed E-state index contributed by atoms with van der Waals surface area (Å²) in [5, 5.41) is 3.05. The average Bonchev–Trinajstić information content (AvgIpc) is 2.17. The molecule has 0 unspecified atom stereocenters. The quantitative estimate of drug-likeness (QED) is 0.752. The molecule has 0 spiro atoms. The second kappa shape index (κ2) is 4.49. The zero-order valence-corrected chi connectivity index (χ0v) is 8.00. The van der Waals surface area contributed by atoms with Gasteiger partial charge in [-0.1, -0.05) is 0 Å². The number of anilines is 1. The molecule has 72 valence electrons. The predicted octanol–water partition coefficient (Wildman–Crippen LogP) is 0.926. The lowest BCUT2D eigenvalue weighted by Gasteiger charge is -2.06. The van der Waals surface area contributed by atoms with E-state index in [0.717, 1.165) is 6.54 Å². The van der Waals surface area contributed by atoms with E-state index in [1.807, 2.05) is 6.92 Å². The van der Waals surface area contributed by atoms with Crippen LogP contribution in [0, 0.1) is 0 Å². The minimum atomic E-state index is 0.301. The first-order chi connectivity index (χ1) is 6.30. The molecule has 0 radical (unpaired) electrons. The number of ether oxygens (including phenoxy) is 2. The highest BCUT2D eigenvalue weighted by Gasteiger charge is 2.03. The second-order valence-corrected chi connectivity index (χ2v) is 2.31. The molecule has 0 fully saturated rings. The summed E-state index contributed by atoms with van der Waals surface area (Å²) in [4.78, 5) is 8.02. The Hall–Kier alpha value is -1.52. The van der Waals surface area contributed by atoms with Gasteiger partial charge in [-0.2, -0.15) is 9.97 Å². The maximum Gasteiger partial charge on any atom is 0.321 e. The van der Waals surface area contributed by atoms with Gasteiger partial charge in [-0.15, -0.1) is 0 Å². The molecule has 0 amide bonds. The lowest BCUT2D eigenvalue weighted by Crippen LogP contribution is -2.03. The highest BCUT2D eigenvalue weighted by Crippen LogP contribution is 2.16. The van der Waals surface area contributed by atoms with E-state index in [-0.39, 0.29) is 0 Å². The topological polar surface area (TPSA) is 56.3 Å². The van der Waals surface area contributed by atoms with Crippen LogP contribution in [-0.4, -0.2) is 30.7 Å². The number of rotatable bonds is 4. The fraction of sp³-hybridized carbons (Fsp3) is 0.500. The summed E-state index contributed by atoms with van der Waals surface area (Å²) in [7, 11) is 3.07. The summed E-state index contributed by atoms with van der Waals surface area (Å²) in [5.74, 6) is 1.19. The number of hydrogen-bond donors (Lipinski definition) is 1. The van der Waals surface area contributed by atoms with Crippen molar-refractivity contribution in [2.24, 2.45) is 0 Å². The highest BCUT2D eigenvalue weighted by atomic mass is 16.5. The van der Waals surface area contributed by atoms with E-state index in [1.54, 1.807) is 13.2 Å². The highest BCUT2D eigenvalue weighted by molar-refractivity contribution is 5.39. The Morgan fingerprint density at radius 3 is 2.62 bits per heavy atom. The van der Waals surface area contributed by atoms with E-state index in [0.29, 0.717) is 17.7 Å². The number of methoxy groups -OCH3 is 2. The standard InChI is InChI=1S/C8H13N3O2/c1-4-9-6-5-7(12-2)11-8(10-6)13-3/h5H,4H2,1-3H3,(H,9,10,11). The largest absolute Gasteiger partial charge is 0.481 e. The molecule has 13 heavy (non-hydrogen) atoms. The fourth-order valence-corrected chi connectivity index (χ4v) is 0.871. The summed E-state index contributed by atoms with van der Waals surface area (Å²) in [6.07, 6.45) is 0. The molecule has 1 aromatic rings. The Kier molecular flexibility index (Phi) is 3.31. The zero-order chi connectivity index (χ0) is 9.68. The minimum absolute atomic E-state index is 0.301. The molecule has 1 rings (SSSR count). The first-order valence-corrected chi connectivity index (χ1v) is 4.01. The van der Waals surface area contributed by atoms with Crippen molar-refractivity contribution in [3.63, 3.8) is 0 Å². The summed E-state index contributed by atoms with van der Waals surface area (Å²) in [6, 6.07) is 2.02. The van der Waals surface area contributed by atoms with Gasteiger partial charge in [0.1, 0.15) is 5.82 Å². The van der Waals surface area contributed by atoms with Crippen molar-refractivity contribution in [1.29, 1.82) is 0 Å². The second-order valence-electron chi connectivity index (χ2n) is 2.31. The molecule has 0 aliphatic carbocycles. The van der Waals surface area contributed by atoms with Crippen molar-refractivity contribution in [3.8, 4) is 11.9 Å². The van der Waals surface area contributed by atoms with Crippen LogP contribution in [0.1, 0.15) is 6.92 Å². The Balaban J connectivity index is 2.93. The third kappa shape index (κ3) is 2.47. The van der Waals surface area contributed by atoms with Crippen molar-refractivity contribution in [3.05, 3.63) is 6.07 Å². The van der Waals surface area contributed by atoms with Crippen LogP contribution in [0.15, 0.2) is 6.07 Å². The predicted molar refractivity (Wildman–Crippen MR) is 49.3 cm³/mol. The normalized spacial score (nSPS) is 9.46. The SMILES string of the molecule is CCNc1cc(OC)nc(OC)n1. The Morgan fingerprint density at radius 1 is 1.31 bits per heavy atom. The van der Waals surface area contributed by atoms with Gasteiger partial charge in [0.05, 0.1) is 14.2 Å². The monoisotopic (exact) mass is 183 g/mol. The molecule has 0 aromatic carbocycles. The van der Waals surface area contributed by atoms with E-state index >= 15 is 0 Å². The zero-order valence-electron chi connectivity index (χ0n) is 8.00. The molecule has 1 aromatic heterocycles. The molecule has 0 aliphatic rings. The molecule has 0 aliphatic heterocycles. The maximum absolute atomic E-state index is 4.97. The summed E-state index contributed by atoms with van der Waals surface area (Å²) >= 11 is 0. The van der Waals surface area contributed by atoms with Gasteiger partial charge in [0.25, 0.3) is 0 Å². The minimum Gasteiger partial charge on any atom is -0.481 e. The van der Waals surface area contributed by atoms with Gasteiger partial charge in [-0.05, 0) is 6.92 Å². The molecule has 0 bridgehead atoms. The third-order valence-corrected chi connectivity index (χ3v) is 1.43. The van der Waals surface area contributed by atoms with Crippen LogP contribution >= 0.6 is 0 Å². The molecule has 5 heteroatoms. The Labute approximate surface area is 77.1 Å². The van der Waals surface area contributed by atoms with Crippen LogP contribution in [0.3, 0.4) is 0 Å². The van der Waals surface area contributed by atoms with E-state index < -0.39 is 0 Å². The molecular formula is C8H13N3O2. The van der Waals surface area contributed by atoms with Crippen LogP contribution in [0.5, 0.6) is 11.9 Å². The van der Waals surface area contributed by atoms with E-state index in [1.165, 1.54) is 7.11 Å². The van der Waals surface area contributed by atoms with Gasteiger partial charge in [0, 0.05) is 12.6 Å². The lowest BCUT2D eigenvalue weighted by atomic mass is 10.5. The fourth-order valence-electron chi connectivity index (χ4n) is 0.871. The van der Waals surface area contributed by atoms with Crippen LogP contribution in [0.4, 0.5) is 5.82 Å². The Bertz CT molecular complexity index is 256. The number of aromatic nitrogens is 2. The molecule has 0 saturated heterocycles. The van der Waals surface area contributed by atoms with Crippen molar-refractivity contribution in [1.82, 2.24) is 9.97 Å². The summed E-state index contributed by atoms with van der Waals surface area (Å²) < 4.78 is 9.87. The van der Waals surface area contributed by atoms with Crippen molar-refractivity contribution >= 4 is 5.82 Å². The van der Waals surface area contributed by atoms with Gasteiger partial charge in [0.15, 0.2) is 0 Å². The average molecular weight is 183 g/mol. The van der Waals surface area contributed by atoms with Gasteiger partial charge in [0.2, 0.25) is 5.88 Å². The number of nitrogens with one attached hydrogen (secondary N) is 1. The number of hydrogen-bond acceptors (Lipinski definition) is 5. The molecule has 1 N–H and O–H groups in total. The van der Waals surface area contributed by atoms with Crippen LogP contribution in [0.2, 0.25) is 0 Å². The van der Waals surface area contributed by atoms with Gasteiger partial charge in [-0.3, -0.25) is 0 Å². The molecule has 1 heterocycles. The van der Waals surface area contributed by atoms with Gasteiger partial charge in [-0.25, -0.2) is 0 Å². The first kappa shape index (κ1) is 9.57. The van der Waals surface area contributed by atoms with Gasteiger partial charge >= 0.3 is 6.01 Å². The number of nitrogens with zero attached hydrogens (tertiary/aromatic N) is 2. The first-order valence-electron chi connectivity index (χ1n) is 4.01. The summed E-state index contributed by atoms with van der Waals surface area (Å²) in [6.45, 7) is 2.78. The smallest absolute Gasteiger partial charge is 0.321 e. The van der Waals surface area contributed by atoms with E-state index in [9.17, 15) is 0 Å². The van der Waals surface area contributed by atoms with Crippen LogP contribution < -0.4 is 14.8 Å². The van der Waals surface area contributed by atoms with Crippen molar-refractivity contribution in [2.45, 2.75) is 6.92 Å².